The number of amidine groups is 1. The number of hydrogen-bond acceptors (Lipinski definition) is 4. The number of amides is 1. The first kappa shape index (κ1) is 14.7. The van der Waals surface area contributed by atoms with E-state index in [0.717, 1.165) is 17.7 Å². The molecule has 1 aliphatic heterocycles. The molecule has 1 aromatic carbocycles. The predicted molar refractivity (Wildman–Crippen MR) is 80.2 cm³/mol. The van der Waals surface area contributed by atoms with E-state index in [0.29, 0.717) is 6.42 Å². The summed E-state index contributed by atoms with van der Waals surface area (Å²) in [7, 11) is 0. The lowest BCUT2D eigenvalue weighted by Gasteiger charge is -2.19. The summed E-state index contributed by atoms with van der Waals surface area (Å²) in [5.41, 5.74) is 6.59. The van der Waals surface area contributed by atoms with Crippen molar-refractivity contribution in [2.75, 3.05) is 5.75 Å². The first-order chi connectivity index (χ1) is 9.65. The highest BCUT2D eigenvalue weighted by atomic mass is 32.2. The van der Waals surface area contributed by atoms with Crippen molar-refractivity contribution >= 4 is 23.5 Å². The Balaban J connectivity index is 2.02. The van der Waals surface area contributed by atoms with Gasteiger partial charge in [-0.15, -0.1) is 11.8 Å². The van der Waals surface area contributed by atoms with Crippen molar-refractivity contribution in [2.24, 2.45) is 10.9 Å². The van der Waals surface area contributed by atoms with Crippen LogP contribution in [0.4, 0.5) is 0 Å². The first-order valence-corrected chi connectivity index (χ1v) is 7.62. The summed E-state index contributed by atoms with van der Waals surface area (Å²) in [5.74, 6) is 0.807. The molecule has 108 valence electrons. The Morgan fingerprint density at radius 3 is 3.05 bits per heavy atom. The van der Waals surface area contributed by atoms with Gasteiger partial charge in [-0.1, -0.05) is 30.3 Å². The van der Waals surface area contributed by atoms with Crippen molar-refractivity contribution in [1.29, 1.82) is 0 Å². The van der Waals surface area contributed by atoms with Crippen LogP contribution in [0.25, 0.3) is 0 Å². The third-order valence-corrected chi connectivity index (χ3v) is 4.62. The highest BCUT2D eigenvalue weighted by Crippen LogP contribution is 2.39. The van der Waals surface area contributed by atoms with Crippen LogP contribution >= 0.6 is 11.8 Å². The molecule has 2 atom stereocenters. The Morgan fingerprint density at radius 1 is 1.60 bits per heavy atom. The van der Waals surface area contributed by atoms with Crippen molar-refractivity contribution in [3.8, 4) is 0 Å². The summed E-state index contributed by atoms with van der Waals surface area (Å²) in [4.78, 5) is 13.6. The van der Waals surface area contributed by atoms with Gasteiger partial charge in [0.2, 0.25) is 5.91 Å². The van der Waals surface area contributed by atoms with Gasteiger partial charge < -0.3 is 16.3 Å². The molecule has 1 aromatic rings. The SMILES string of the molecule is CCC(CC(N)=NO)NC(=O)C1CSc2ccccc21. The number of oxime groups is 1. The number of thioether (sulfide) groups is 1. The highest BCUT2D eigenvalue weighted by Gasteiger charge is 2.29. The van der Waals surface area contributed by atoms with Gasteiger partial charge in [-0.05, 0) is 18.1 Å². The summed E-state index contributed by atoms with van der Waals surface area (Å²) in [6.07, 6.45) is 1.10. The number of rotatable bonds is 5. The smallest absolute Gasteiger partial charge is 0.228 e. The molecule has 0 aromatic heterocycles. The van der Waals surface area contributed by atoms with Crippen LogP contribution in [0.1, 0.15) is 31.2 Å². The van der Waals surface area contributed by atoms with Crippen LogP contribution in [0.15, 0.2) is 34.3 Å². The van der Waals surface area contributed by atoms with Gasteiger partial charge in [-0.2, -0.15) is 0 Å². The maximum atomic E-state index is 12.4. The van der Waals surface area contributed by atoms with E-state index in [1.165, 1.54) is 4.90 Å². The summed E-state index contributed by atoms with van der Waals surface area (Å²) in [6, 6.07) is 7.89. The summed E-state index contributed by atoms with van der Waals surface area (Å²) in [6.45, 7) is 1.97. The highest BCUT2D eigenvalue weighted by molar-refractivity contribution is 7.99. The van der Waals surface area contributed by atoms with Crippen LogP contribution < -0.4 is 11.1 Å². The van der Waals surface area contributed by atoms with Crippen molar-refractivity contribution in [3.63, 3.8) is 0 Å². The third kappa shape index (κ3) is 3.25. The molecular formula is C14H19N3O2S. The number of nitrogens with zero attached hydrogens (tertiary/aromatic N) is 1. The van der Waals surface area contributed by atoms with Crippen LogP contribution in [0.3, 0.4) is 0 Å². The molecule has 0 bridgehead atoms. The number of carbonyl (C=O) groups is 1. The molecule has 2 unspecified atom stereocenters. The maximum absolute atomic E-state index is 12.4. The summed E-state index contributed by atoms with van der Waals surface area (Å²) in [5, 5.41) is 14.5. The molecule has 20 heavy (non-hydrogen) atoms. The lowest BCUT2D eigenvalue weighted by Crippen LogP contribution is -2.40. The van der Waals surface area contributed by atoms with Gasteiger partial charge in [-0.3, -0.25) is 4.79 Å². The molecule has 6 heteroatoms. The van der Waals surface area contributed by atoms with Crippen LogP contribution in [-0.2, 0) is 4.79 Å². The fraction of sp³-hybridized carbons (Fsp3) is 0.429. The number of nitrogens with one attached hydrogen (secondary N) is 1. The van der Waals surface area contributed by atoms with Gasteiger partial charge in [0.15, 0.2) is 0 Å². The van der Waals surface area contributed by atoms with E-state index in [1.807, 2.05) is 31.2 Å². The average Bonchev–Trinajstić information content (AvgIpc) is 2.90. The topological polar surface area (TPSA) is 87.7 Å². The quantitative estimate of drug-likeness (QED) is 0.335. The second-order valence-corrected chi connectivity index (χ2v) is 5.87. The molecule has 4 N–H and O–H groups in total. The number of hydrogen-bond donors (Lipinski definition) is 3. The van der Waals surface area contributed by atoms with Gasteiger partial charge in [0.25, 0.3) is 0 Å². The lowest BCUT2D eigenvalue weighted by molar-refractivity contribution is -0.122. The molecule has 0 spiro atoms. The zero-order valence-electron chi connectivity index (χ0n) is 11.4. The van der Waals surface area contributed by atoms with Crippen molar-refractivity contribution in [1.82, 2.24) is 5.32 Å². The van der Waals surface area contributed by atoms with E-state index < -0.39 is 0 Å². The minimum absolute atomic E-state index is 0.0139. The van der Waals surface area contributed by atoms with Gasteiger partial charge >= 0.3 is 0 Å². The number of carbonyl (C=O) groups excluding carboxylic acids is 1. The molecular weight excluding hydrogens is 274 g/mol. The van der Waals surface area contributed by atoms with Crippen molar-refractivity contribution in [2.45, 2.75) is 36.6 Å². The van der Waals surface area contributed by atoms with E-state index in [4.69, 9.17) is 10.9 Å². The Hall–Kier alpha value is -1.69. The molecule has 0 fully saturated rings. The molecule has 5 nitrogen and oxygen atoms in total. The van der Waals surface area contributed by atoms with E-state index >= 15 is 0 Å². The monoisotopic (exact) mass is 293 g/mol. The molecule has 1 amide bonds. The molecule has 1 heterocycles. The molecule has 0 radical (unpaired) electrons. The zero-order chi connectivity index (χ0) is 14.5. The molecule has 2 rings (SSSR count). The van der Waals surface area contributed by atoms with Crippen LogP contribution in [0.2, 0.25) is 0 Å². The molecule has 0 saturated carbocycles. The Labute approximate surface area is 122 Å². The number of benzene rings is 1. The van der Waals surface area contributed by atoms with Gasteiger partial charge in [0.1, 0.15) is 5.84 Å². The Bertz CT molecular complexity index is 519. The largest absolute Gasteiger partial charge is 0.409 e. The van der Waals surface area contributed by atoms with Gasteiger partial charge in [0, 0.05) is 23.1 Å². The third-order valence-electron chi connectivity index (χ3n) is 3.44. The molecule has 1 aliphatic rings. The van der Waals surface area contributed by atoms with Crippen molar-refractivity contribution < 1.29 is 10.0 Å². The minimum Gasteiger partial charge on any atom is -0.409 e. The fourth-order valence-electron chi connectivity index (χ4n) is 2.27. The maximum Gasteiger partial charge on any atom is 0.228 e. The minimum atomic E-state index is -0.113. The second kappa shape index (κ2) is 6.65. The first-order valence-electron chi connectivity index (χ1n) is 6.64. The summed E-state index contributed by atoms with van der Waals surface area (Å²) >= 11 is 1.71. The predicted octanol–water partition coefficient (Wildman–Crippen LogP) is 1.91. The van der Waals surface area contributed by atoms with Crippen molar-refractivity contribution in [3.05, 3.63) is 29.8 Å². The zero-order valence-corrected chi connectivity index (χ0v) is 12.2. The second-order valence-electron chi connectivity index (χ2n) is 4.81. The standard InChI is InChI=1S/C14H19N3O2S/c1-2-9(7-13(15)17-19)16-14(18)11-8-20-12-6-4-3-5-10(11)12/h3-6,9,11,19H,2,7-8H2,1H3,(H2,15,17)(H,16,18). The van der Waals surface area contributed by atoms with E-state index in [9.17, 15) is 4.79 Å². The Kier molecular flexibility index (Phi) is 4.89. The van der Waals surface area contributed by atoms with E-state index in [-0.39, 0.29) is 23.7 Å². The van der Waals surface area contributed by atoms with E-state index in [2.05, 4.69) is 10.5 Å². The number of nitrogens with two attached hydrogens (primary N) is 1. The molecule has 0 saturated heterocycles. The lowest BCUT2D eigenvalue weighted by atomic mass is 9.99. The fourth-order valence-corrected chi connectivity index (χ4v) is 3.50. The summed E-state index contributed by atoms with van der Waals surface area (Å²) < 4.78 is 0. The van der Waals surface area contributed by atoms with E-state index in [1.54, 1.807) is 11.8 Å². The van der Waals surface area contributed by atoms with Crippen LogP contribution in [-0.4, -0.2) is 28.7 Å². The van der Waals surface area contributed by atoms with Crippen LogP contribution in [0, 0.1) is 0 Å². The van der Waals surface area contributed by atoms with Gasteiger partial charge in [0.05, 0.1) is 5.92 Å². The average molecular weight is 293 g/mol. The van der Waals surface area contributed by atoms with Crippen LogP contribution in [0.5, 0.6) is 0 Å². The van der Waals surface area contributed by atoms with Gasteiger partial charge in [-0.25, -0.2) is 0 Å². The molecule has 0 aliphatic carbocycles. The normalized spacial score (nSPS) is 19.4. The number of fused-ring (bicyclic) bond motifs is 1. The Morgan fingerprint density at radius 2 is 2.35 bits per heavy atom.